The van der Waals surface area contributed by atoms with Gasteiger partial charge in [-0.25, -0.2) is 12.8 Å². The summed E-state index contributed by atoms with van der Waals surface area (Å²) in [6.07, 6.45) is 1.26. The molecule has 7 nitrogen and oxygen atoms in total. The third kappa shape index (κ3) is 4.19. The summed E-state index contributed by atoms with van der Waals surface area (Å²) >= 11 is 7.91. The molecule has 2 aromatic heterocycles. The zero-order chi connectivity index (χ0) is 20.6. The molecular weight excluding hydrogens is 459 g/mol. The minimum atomic E-state index is -3.72. The normalized spacial score (nSPS) is 17.5. The molecule has 12 heteroatoms. The first-order valence-electron chi connectivity index (χ1n) is 8.52. The molecule has 0 radical (unpaired) electrons. The Balaban J connectivity index is 1.54. The lowest BCUT2D eigenvalue weighted by molar-refractivity contribution is 0.102. The van der Waals surface area contributed by atoms with Crippen LogP contribution in [0.2, 0.25) is 4.34 Å². The molecule has 152 valence electrons. The highest BCUT2D eigenvalue weighted by atomic mass is 35.5. The van der Waals surface area contributed by atoms with Gasteiger partial charge in [0.2, 0.25) is 5.01 Å². The number of sulfonamides is 1. The summed E-state index contributed by atoms with van der Waals surface area (Å²) in [4.78, 5) is 12.4. The highest BCUT2D eigenvalue weighted by Gasteiger charge is 2.39. The van der Waals surface area contributed by atoms with Gasteiger partial charge in [-0.3, -0.25) is 4.79 Å². The number of nitrogens with one attached hydrogen (secondary N) is 1. The van der Waals surface area contributed by atoms with Crippen molar-refractivity contribution in [1.82, 2.24) is 14.5 Å². The summed E-state index contributed by atoms with van der Waals surface area (Å²) in [6, 6.07) is 8.04. The highest BCUT2D eigenvalue weighted by molar-refractivity contribution is 7.91. The number of benzene rings is 1. The van der Waals surface area contributed by atoms with Gasteiger partial charge < -0.3 is 5.32 Å². The third-order valence-electron chi connectivity index (χ3n) is 4.32. The van der Waals surface area contributed by atoms with Crippen LogP contribution in [-0.4, -0.2) is 35.4 Å². The van der Waals surface area contributed by atoms with Crippen LogP contribution in [0, 0.1) is 5.82 Å². The predicted octanol–water partition coefficient (Wildman–Crippen LogP) is 4.17. The average molecular weight is 473 g/mol. The lowest BCUT2D eigenvalue weighted by atomic mass is 10.2. The number of thiophene rings is 1. The summed E-state index contributed by atoms with van der Waals surface area (Å²) < 4.78 is 41.2. The number of carbonyl (C=O) groups excluding carboxylic acids is 1. The van der Waals surface area contributed by atoms with E-state index in [1.165, 1.54) is 28.6 Å². The maximum atomic E-state index is 13.3. The smallest absolute Gasteiger partial charge is 0.286 e. The molecule has 1 atom stereocenters. The molecule has 29 heavy (non-hydrogen) atoms. The number of hydrogen-bond donors (Lipinski definition) is 1. The van der Waals surface area contributed by atoms with Crippen molar-refractivity contribution in [3.8, 4) is 0 Å². The Morgan fingerprint density at radius 2 is 2.07 bits per heavy atom. The second-order valence-electron chi connectivity index (χ2n) is 6.24. The summed E-state index contributed by atoms with van der Waals surface area (Å²) in [7, 11) is -3.72. The monoisotopic (exact) mass is 472 g/mol. The second kappa shape index (κ2) is 8.07. The molecule has 1 fully saturated rings. The third-order valence-corrected chi connectivity index (χ3v) is 8.95. The summed E-state index contributed by atoms with van der Waals surface area (Å²) in [5.41, 5.74) is 0.298. The first kappa shape index (κ1) is 20.4. The van der Waals surface area contributed by atoms with E-state index in [9.17, 15) is 17.6 Å². The van der Waals surface area contributed by atoms with Gasteiger partial charge in [0.15, 0.2) is 0 Å². The van der Waals surface area contributed by atoms with E-state index >= 15 is 0 Å². The molecule has 1 aromatic carbocycles. The number of hydrogen-bond acceptors (Lipinski definition) is 7. The molecule has 0 unspecified atom stereocenters. The molecular formula is C17H14ClFN4O3S3. The van der Waals surface area contributed by atoms with Gasteiger partial charge in [0, 0.05) is 12.2 Å². The van der Waals surface area contributed by atoms with Gasteiger partial charge in [-0.15, -0.1) is 21.5 Å². The van der Waals surface area contributed by atoms with Crippen molar-refractivity contribution in [2.75, 3.05) is 11.9 Å². The van der Waals surface area contributed by atoms with Crippen molar-refractivity contribution < 1.29 is 17.6 Å². The Hall–Kier alpha value is -1.92. The number of anilines is 1. The number of amides is 1. The predicted molar refractivity (Wildman–Crippen MR) is 109 cm³/mol. The van der Waals surface area contributed by atoms with Crippen LogP contribution >= 0.6 is 34.3 Å². The molecule has 0 bridgehead atoms. The number of carbonyl (C=O) groups is 1. The second-order valence-corrected chi connectivity index (χ2v) is 11.1. The van der Waals surface area contributed by atoms with E-state index in [4.69, 9.17) is 11.6 Å². The van der Waals surface area contributed by atoms with Crippen LogP contribution < -0.4 is 5.32 Å². The van der Waals surface area contributed by atoms with Crippen LogP contribution in [0.1, 0.15) is 33.7 Å². The Morgan fingerprint density at radius 1 is 1.24 bits per heavy atom. The first-order valence-corrected chi connectivity index (χ1v) is 12.0. The van der Waals surface area contributed by atoms with E-state index in [2.05, 4.69) is 15.5 Å². The van der Waals surface area contributed by atoms with Gasteiger partial charge in [-0.05, 0) is 43.2 Å². The van der Waals surface area contributed by atoms with Crippen molar-refractivity contribution in [3.63, 3.8) is 0 Å². The summed E-state index contributed by atoms with van der Waals surface area (Å²) in [6.45, 7) is 0.354. The lowest BCUT2D eigenvalue weighted by Crippen LogP contribution is -2.30. The van der Waals surface area contributed by atoms with Crippen LogP contribution in [0.4, 0.5) is 10.1 Å². The van der Waals surface area contributed by atoms with Crippen LogP contribution in [-0.2, 0) is 10.0 Å². The topological polar surface area (TPSA) is 92.3 Å². The van der Waals surface area contributed by atoms with Gasteiger partial charge in [-0.2, -0.15) is 4.31 Å². The maximum absolute atomic E-state index is 13.3. The Kier molecular flexibility index (Phi) is 5.67. The number of halogens is 2. The number of nitrogens with zero attached hydrogens (tertiary/aromatic N) is 3. The largest absolute Gasteiger partial charge is 0.320 e. The maximum Gasteiger partial charge on any atom is 0.286 e. The minimum absolute atomic E-state index is 0.0766. The van der Waals surface area contributed by atoms with E-state index in [-0.39, 0.29) is 9.22 Å². The van der Waals surface area contributed by atoms with Crippen molar-refractivity contribution in [2.45, 2.75) is 23.1 Å². The quantitative estimate of drug-likeness (QED) is 0.601. The average Bonchev–Trinajstić information content (AvgIpc) is 3.41. The molecule has 1 aliphatic heterocycles. The molecule has 3 heterocycles. The fraction of sp³-hybridized carbons (Fsp3) is 0.235. The van der Waals surface area contributed by atoms with Crippen molar-refractivity contribution >= 4 is 55.9 Å². The van der Waals surface area contributed by atoms with Crippen molar-refractivity contribution in [2.24, 2.45) is 0 Å². The first-order chi connectivity index (χ1) is 13.8. The SMILES string of the molecule is O=C(Nc1cccc(F)c1)c1nnc([C@H]2CCCN2S(=O)(=O)c2ccc(Cl)s2)s1. The van der Waals surface area contributed by atoms with Crippen LogP contribution in [0.25, 0.3) is 0 Å². The summed E-state index contributed by atoms with van der Waals surface area (Å²) in [5.74, 6) is -1.00. The molecule has 0 aliphatic carbocycles. The molecule has 1 amide bonds. The zero-order valence-electron chi connectivity index (χ0n) is 14.7. The molecule has 0 spiro atoms. The van der Waals surface area contributed by atoms with E-state index in [0.717, 1.165) is 22.7 Å². The molecule has 0 saturated carbocycles. The Labute approximate surface area is 179 Å². The molecule has 1 N–H and O–H groups in total. The van der Waals surface area contributed by atoms with Gasteiger partial charge in [0.25, 0.3) is 15.9 Å². The van der Waals surface area contributed by atoms with Gasteiger partial charge in [0.1, 0.15) is 15.0 Å². The van der Waals surface area contributed by atoms with E-state index < -0.39 is 27.8 Å². The lowest BCUT2D eigenvalue weighted by Gasteiger charge is -2.21. The van der Waals surface area contributed by atoms with Crippen LogP contribution in [0.3, 0.4) is 0 Å². The zero-order valence-corrected chi connectivity index (χ0v) is 17.9. The Bertz CT molecular complexity index is 1160. The molecule has 1 aliphatic rings. The fourth-order valence-electron chi connectivity index (χ4n) is 3.04. The molecule has 3 aromatic rings. The van der Waals surface area contributed by atoms with Gasteiger partial charge in [0.05, 0.1) is 10.4 Å². The van der Waals surface area contributed by atoms with Crippen LogP contribution in [0.15, 0.2) is 40.6 Å². The van der Waals surface area contributed by atoms with Crippen LogP contribution in [0.5, 0.6) is 0 Å². The van der Waals surface area contributed by atoms with Crippen molar-refractivity contribution in [1.29, 1.82) is 0 Å². The van der Waals surface area contributed by atoms with E-state index in [1.54, 1.807) is 12.1 Å². The van der Waals surface area contributed by atoms with E-state index in [1.807, 2.05) is 0 Å². The van der Waals surface area contributed by atoms with Crippen molar-refractivity contribution in [3.05, 3.63) is 56.6 Å². The van der Waals surface area contributed by atoms with Gasteiger partial charge in [-0.1, -0.05) is 29.0 Å². The minimum Gasteiger partial charge on any atom is -0.320 e. The van der Waals surface area contributed by atoms with E-state index in [0.29, 0.717) is 34.4 Å². The standard InChI is InChI=1S/C17H14ClFN4O3S3/c18-13-6-7-14(27-13)29(25,26)23-8-2-5-12(23)16-21-22-17(28-16)15(24)20-11-4-1-3-10(19)9-11/h1,3-4,6-7,9,12H,2,5,8H2,(H,20,24)/t12-/m1/s1. The van der Waals surface area contributed by atoms with Gasteiger partial charge >= 0.3 is 0 Å². The summed E-state index contributed by atoms with van der Waals surface area (Å²) in [5, 5.41) is 11.0. The number of aromatic nitrogens is 2. The number of rotatable bonds is 5. The highest BCUT2D eigenvalue weighted by Crippen LogP contribution is 2.39. The molecule has 4 rings (SSSR count). The Morgan fingerprint density at radius 3 is 2.79 bits per heavy atom. The fourth-order valence-corrected chi connectivity index (χ4v) is 7.26. The molecule has 1 saturated heterocycles.